The Kier molecular flexibility index (Phi) is 5.65. The van der Waals surface area contributed by atoms with Crippen LogP contribution in [0.1, 0.15) is 5.56 Å². The van der Waals surface area contributed by atoms with Crippen molar-refractivity contribution in [2.75, 3.05) is 5.32 Å². The van der Waals surface area contributed by atoms with E-state index >= 15 is 0 Å². The van der Waals surface area contributed by atoms with E-state index in [1.807, 2.05) is 30.3 Å². The molecular formula is C14H12ClN3O3S. The number of anilines is 1. The number of benzene rings is 2. The summed E-state index contributed by atoms with van der Waals surface area (Å²) < 4.78 is 0. The Morgan fingerprint density at radius 2 is 2.00 bits per heavy atom. The van der Waals surface area contributed by atoms with Gasteiger partial charge in [0.25, 0.3) is 5.69 Å². The van der Waals surface area contributed by atoms with Crippen molar-refractivity contribution in [2.45, 2.75) is 6.61 Å². The second-order valence-electron chi connectivity index (χ2n) is 4.25. The first-order valence-electron chi connectivity index (χ1n) is 6.23. The van der Waals surface area contributed by atoms with Gasteiger partial charge in [0, 0.05) is 12.1 Å². The molecule has 6 nitrogen and oxygen atoms in total. The second-order valence-corrected chi connectivity index (χ2v) is 5.07. The van der Waals surface area contributed by atoms with E-state index in [1.54, 1.807) is 0 Å². The Labute approximate surface area is 137 Å². The Bertz CT molecular complexity index is 682. The van der Waals surface area contributed by atoms with Gasteiger partial charge in [0.05, 0.1) is 22.2 Å². The van der Waals surface area contributed by atoms with Crippen LogP contribution in [-0.4, -0.2) is 10.0 Å². The quantitative estimate of drug-likeness (QED) is 0.492. The van der Waals surface area contributed by atoms with Crippen LogP contribution >= 0.6 is 23.8 Å². The summed E-state index contributed by atoms with van der Waals surface area (Å²) in [5.74, 6) is 0. The van der Waals surface area contributed by atoms with Gasteiger partial charge in [-0.1, -0.05) is 41.9 Å². The summed E-state index contributed by atoms with van der Waals surface area (Å²) in [5, 5.41) is 14.0. The maximum absolute atomic E-state index is 10.7. The lowest BCUT2D eigenvalue weighted by Gasteiger charge is -2.11. The van der Waals surface area contributed by atoms with E-state index in [0.717, 1.165) is 5.56 Å². The molecule has 0 aliphatic heterocycles. The van der Waals surface area contributed by atoms with Crippen LogP contribution in [0.5, 0.6) is 0 Å². The summed E-state index contributed by atoms with van der Waals surface area (Å²) in [4.78, 5) is 15.5. The molecule has 0 radical (unpaired) electrons. The number of nitrogens with one attached hydrogen (secondary N) is 2. The lowest BCUT2D eigenvalue weighted by molar-refractivity contribution is -0.384. The first-order valence-corrected chi connectivity index (χ1v) is 7.01. The van der Waals surface area contributed by atoms with E-state index in [2.05, 4.69) is 10.8 Å². The second kappa shape index (κ2) is 7.69. The third-order valence-corrected chi connectivity index (χ3v) is 3.17. The molecule has 0 aliphatic carbocycles. The minimum absolute atomic E-state index is 0.0834. The summed E-state index contributed by atoms with van der Waals surface area (Å²) in [6, 6.07) is 13.6. The van der Waals surface area contributed by atoms with E-state index in [9.17, 15) is 10.1 Å². The minimum atomic E-state index is -0.510. The minimum Gasteiger partial charge on any atom is -0.330 e. The van der Waals surface area contributed by atoms with Gasteiger partial charge in [-0.2, -0.15) is 0 Å². The maximum atomic E-state index is 10.7. The van der Waals surface area contributed by atoms with Crippen LogP contribution < -0.4 is 10.8 Å². The van der Waals surface area contributed by atoms with Crippen LogP contribution in [0.3, 0.4) is 0 Å². The van der Waals surface area contributed by atoms with Gasteiger partial charge in [0.15, 0.2) is 5.11 Å². The van der Waals surface area contributed by atoms with Crippen LogP contribution in [0, 0.1) is 10.1 Å². The van der Waals surface area contributed by atoms with E-state index in [1.165, 1.54) is 18.2 Å². The summed E-state index contributed by atoms with van der Waals surface area (Å²) in [6.45, 7) is 0.325. The number of nitrogens with zero attached hydrogens (tertiary/aromatic N) is 1. The van der Waals surface area contributed by atoms with E-state index in [-0.39, 0.29) is 10.8 Å². The molecule has 0 spiro atoms. The van der Waals surface area contributed by atoms with Gasteiger partial charge in [0.1, 0.15) is 0 Å². The van der Waals surface area contributed by atoms with Crippen molar-refractivity contribution < 1.29 is 9.76 Å². The molecule has 8 heteroatoms. The molecule has 2 aromatic rings. The van der Waals surface area contributed by atoms with Gasteiger partial charge < -0.3 is 5.32 Å². The number of halogens is 1. The molecule has 0 aliphatic rings. The molecule has 0 fully saturated rings. The lowest BCUT2D eigenvalue weighted by Crippen LogP contribution is -2.28. The third kappa shape index (κ3) is 4.66. The number of hydroxylamine groups is 1. The molecule has 22 heavy (non-hydrogen) atoms. The van der Waals surface area contributed by atoms with Crippen molar-refractivity contribution in [1.29, 1.82) is 0 Å². The van der Waals surface area contributed by atoms with Crippen molar-refractivity contribution in [1.82, 2.24) is 5.48 Å². The number of hydrogen-bond acceptors (Lipinski definition) is 4. The van der Waals surface area contributed by atoms with E-state index < -0.39 is 4.92 Å². The highest BCUT2D eigenvalue weighted by atomic mass is 35.5. The normalized spacial score (nSPS) is 10.0. The molecule has 2 N–H and O–H groups in total. The summed E-state index contributed by atoms with van der Waals surface area (Å²) >= 11 is 11.0. The zero-order valence-electron chi connectivity index (χ0n) is 11.3. The fourth-order valence-corrected chi connectivity index (χ4v) is 1.96. The molecular weight excluding hydrogens is 326 g/mol. The van der Waals surface area contributed by atoms with Gasteiger partial charge in [-0.3, -0.25) is 15.0 Å². The van der Waals surface area contributed by atoms with Gasteiger partial charge in [0.2, 0.25) is 0 Å². The van der Waals surface area contributed by atoms with Crippen molar-refractivity contribution in [3.8, 4) is 0 Å². The molecule has 114 valence electrons. The molecule has 0 heterocycles. The molecule has 0 saturated heterocycles. The smallest absolute Gasteiger partial charge is 0.271 e. The summed E-state index contributed by atoms with van der Waals surface area (Å²) in [5.41, 5.74) is 3.77. The zero-order valence-corrected chi connectivity index (χ0v) is 12.9. The lowest BCUT2D eigenvalue weighted by atomic mass is 10.2. The number of nitro groups is 1. The fraction of sp³-hybridized carbons (Fsp3) is 0.0714. The Hall–Kier alpha value is -2.22. The highest BCUT2D eigenvalue weighted by Crippen LogP contribution is 2.26. The van der Waals surface area contributed by atoms with Crippen LogP contribution in [0.25, 0.3) is 0 Å². The fourth-order valence-electron chi connectivity index (χ4n) is 1.63. The molecule has 0 unspecified atom stereocenters. The van der Waals surface area contributed by atoms with Gasteiger partial charge >= 0.3 is 0 Å². The largest absolute Gasteiger partial charge is 0.330 e. The standard InChI is InChI=1S/C14H12ClN3O3S/c15-12-7-6-11(18(19)20)8-13(12)16-14(22)17-21-9-10-4-2-1-3-5-10/h1-8H,9H2,(H2,16,17,22). The van der Waals surface area contributed by atoms with Crippen LogP contribution in [0.4, 0.5) is 11.4 Å². The summed E-state index contributed by atoms with van der Waals surface area (Å²) in [6.07, 6.45) is 0. The number of rotatable bonds is 5. The van der Waals surface area contributed by atoms with Crippen LogP contribution in [-0.2, 0) is 11.4 Å². The number of hydrogen-bond donors (Lipinski definition) is 2. The highest BCUT2D eigenvalue weighted by Gasteiger charge is 2.10. The topological polar surface area (TPSA) is 76.4 Å². The molecule has 2 aromatic carbocycles. The molecule has 0 aromatic heterocycles. The molecule has 0 amide bonds. The zero-order chi connectivity index (χ0) is 15.9. The molecule has 0 saturated carbocycles. The molecule has 0 bridgehead atoms. The van der Waals surface area contributed by atoms with E-state index in [4.69, 9.17) is 28.7 Å². The summed E-state index contributed by atoms with van der Waals surface area (Å²) in [7, 11) is 0. The predicted molar refractivity (Wildman–Crippen MR) is 88.7 cm³/mol. The Morgan fingerprint density at radius 3 is 2.68 bits per heavy atom. The van der Waals surface area contributed by atoms with Gasteiger partial charge in [-0.05, 0) is 23.8 Å². The molecule has 0 atom stereocenters. The average Bonchev–Trinajstić information content (AvgIpc) is 2.50. The van der Waals surface area contributed by atoms with Crippen LogP contribution in [0.15, 0.2) is 48.5 Å². The first kappa shape index (κ1) is 16.2. The monoisotopic (exact) mass is 337 g/mol. The third-order valence-electron chi connectivity index (χ3n) is 2.66. The first-order chi connectivity index (χ1) is 10.6. The number of non-ortho nitro benzene ring substituents is 1. The van der Waals surface area contributed by atoms with Crippen LogP contribution in [0.2, 0.25) is 5.02 Å². The van der Waals surface area contributed by atoms with Gasteiger partial charge in [-0.25, -0.2) is 5.48 Å². The van der Waals surface area contributed by atoms with Crippen molar-refractivity contribution in [2.24, 2.45) is 0 Å². The maximum Gasteiger partial charge on any atom is 0.271 e. The highest BCUT2D eigenvalue weighted by molar-refractivity contribution is 7.80. The van der Waals surface area contributed by atoms with Crippen molar-refractivity contribution >= 4 is 40.3 Å². The molecule has 2 rings (SSSR count). The van der Waals surface area contributed by atoms with Crippen molar-refractivity contribution in [3.63, 3.8) is 0 Å². The Morgan fingerprint density at radius 1 is 1.27 bits per heavy atom. The SMILES string of the molecule is O=[N+]([O-])c1ccc(Cl)c(NC(=S)NOCc2ccccc2)c1. The van der Waals surface area contributed by atoms with E-state index in [0.29, 0.717) is 17.3 Å². The van der Waals surface area contributed by atoms with Crippen molar-refractivity contribution in [3.05, 3.63) is 69.2 Å². The Balaban J connectivity index is 1.89. The average molecular weight is 338 g/mol. The number of nitro benzene ring substituents is 1. The number of thiocarbonyl (C=S) groups is 1. The van der Waals surface area contributed by atoms with Gasteiger partial charge in [-0.15, -0.1) is 0 Å². The predicted octanol–water partition coefficient (Wildman–Crippen LogP) is 3.67.